The third kappa shape index (κ3) is 6.53. The van der Waals surface area contributed by atoms with Crippen LogP contribution in [0.25, 0.3) is 0 Å². The number of carboxylic acid groups (broad SMARTS) is 1. The Balaban J connectivity index is 0.00000216. The van der Waals surface area contributed by atoms with Crippen LogP contribution in [0.5, 0.6) is 0 Å². The summed E-state index contributed by atoms with van der Waals surface area (Å²) in [4.78, 5) is 43.9. The van der Waals surface area contributed by atoms with Gasteiger partial charge >= 0.3 is 41.6 Å². The fourth-order valence-corrected chi connectivity index (χ4v) is 3.86. The number of nitrogens with zero attached hydrogens (tertiary/aromatic N) is 3. The molecule has 2 heterocycles. The summed E-state index contributed by atoms with van der Waals surface area (Å²) in [7, 11) is 0. The van der Waals surface area contributed by atoms with Gasteiger partial charge in [0.25, 0.3) is 5.91 Å². The van der Waals surface area contributed by atoms with Crippen molar-refractivity contribution in [2.24, 2.45) is 0 Å². The number of hydrogen-bond donors (Lipinski definition) is 3. The Hall–Kier alpha value is -2.53. The largest absolute Gasteiger partial charge is 1.00 e. The number of carbonyl (C=O) groups excluding carboxylic acids is 2. The van der Waals surface area contributed by atoms with Crippen molar-refractivity contribution >= 4 is 23.6 Å². The second-order valence-corrected chi connectivity index (χ2v) is 8.33. The molecule has 11 heteroatoms. The number of rotatable bonds is 6. The van der Waals surface area contributed by atoms with E-state index in [-0.39, 0.29) is 59.7 Å². The molecule has 1 saturated heterocycles. The van der Waals surface area contributed by atoms with Crippen LogP contribution in [0, 0.1) is 5.82 Å². The number of aromatic carboxylic acids is 1. The molecule has 9 nitrogen and oxygen atoms in total. The van der Waals surface area contributed by atoms with Crippen molar-refractivity contribution in [1.29, 1.82) is 0 Å². The Morgan fingerprint density at radius 2 is 1.82 bits per heavy atom. The van der Waals surface area contributed by atoms with Crippen molar-refractivity contribution in [2.75, 3.05) is 31.5 Å². The topological polar surface area (TPSA) is 115 Å². The molecule has 2 fully saturated rings. The van der Waals surface area contributed by atoms with Crippen LogP contribution >= 0.6 is 0 Å². The van der Waals surface area contributed by atoms with Gasteiger partial charge in [-0.3, -0.25) is 14.7 Å². The van der Waals surface area contributed by atoms with Gasteiger partial charge in [-0.15, -0.1) is 0 Å². The molecule has 0 atom stereocenters. The summed E-state index contributed by atoms with van der Waals surface area (Å²) in [5.41, 5.74) is 1.10. The van der Waals surface area contributed by atoms with E-state index < -0.39 is 17.8 Å². The van der Waals surface area contributed by atoms with Gasteiger partial charge in [-0.1, -0.05) is 0 Å². The number of benzene rings is 1. The molecule has 2 aromatic rings. The Morgan fingerprint density at radius 3 is 2.44 bits per heavy atom. The van der Waals surface area contributed by atoms with Gasteiger partial charge in [-0.05, 0) is 49.6 Å². The van der Waals surface area contributed by atoms with Crippen LogP contribution in [-0.4, -0.2) is 70.0 Å². The number of hydrogen-bond acceptors (Lipinski definition) is 5. The van der Waals surface area contributed by atoms with E-state index >= 15 is 0 Å². The van der Waals surface area contributed by atoms with Crippen molar-refractivity contribution in [2.45, 2.75) is 31.8 Å². The number of aromatic nitrogens is 1. The van der Waals surface area contributed by atoms with Crippen LogP contribution in [0.3, 0.4) is 0 Å². The Kier molecular flexibility index (Phi) is 9.01. The van der Waals surface area contributed by atoms with Gasteiger partial charge in [-0.25, -0.2) is 14.0 Å². The summed E-state index contributed by atoms with van der Waals surface area (Å²) < 4.78 is 14.5. The molecule has 1 aromatic heterocycles. The summed E-state index contributed by atoms with van der Waals surface area (Å²) in [6.07, 6.45) is 4.42. The Labute approximate surface area is 220 Å². The van der Waals surface area contributed by atoms with Crippen molar-refractivity contribution in [3.05, 3.63) is 59.2 Å². The number of carbonyl (C=O) groups is 3. The summed E-state index contributed by atoms with van der Waals surface area (Å²) in [5, 5.41) is 14.4. The maximum absolute atomic E-state index is 14.5. The molecule has 1 saturated carbocycles. The first-order valence-corrected chi connectivity index (χ1v) is 11.0. The second kappa shape index (κ2) is 11.7. The number of halogens is 1. The van der Waals surface area contributed by atoms with E-state index in [1.807, 2.05) is 0 Å². The monoisotopic (exact) mass is 479 g/mol. The normalized spacial score (nSPS) is 16.2. The number of pyridine rings is 1. The van der Waals surface area contributed by atoms with E-state index in [4.69, 9.17) is 5.11 Å². The molecule has 1 aromatic carbocycles. The van der Waals surface area contributed by atoms with E-state index in [1.54, 1.807) is 11.0 Å². The molecule has 0 radical (unpaired) electrons. The van der Waals surface area contributed by atoms with Gasteiger partial charge < -0.3 is 22.1 Å². The van der Waals surface area contributed by atoms with Crippen molar-refractivity contribution in [3.8, 4) is 0 Å². The van der Waals surface area contributed by atoms with Gasteiger partial charge in [0.2, 0.25) is 0 Å². The SMILES string of the molecule is O=C(Nc1ccc(C(=O)N2CCN(Cc3cc(C(=O)O)ccn3)CC2)cc1F)NC1CCC1.[H-].[Na+]. The standard InChI is InChI=1S/C23H26FN5O4.Na.H/c24-19-13-15(4-5-20(19)27-23(33)26-17-2-1-3-17)21(30)29-10-8-28(9-11-29)14-18-12-16(22(31)32)6-7-25-18;;/h4-7,12-13,17H,1-3,8-11,14H2,(H,31,32)(H2,26,27,33);;/q;+1;-1. The minimum Gasteiger partial charge on any atom is -1.00 e. The van der Waals surface area contributed by atoms with Crippen molar-refractivity contribution < 1.29 is 54.9 Å². The first-order valence-electron chi connectivity index (χ1n) is 11.0. The zero-order valence-electron chi connectivity index (χ0n) is 20.1. The smallest absolute Gasteiger partial charge is 1.00 e. The predicted octanol–water partition coefficient (Wildman–Crippen LogP) is -0.333. The fraction of sp³-hybridized carbons (Fsp3) is 0.391. The average molecular weight is 479 g/mol. The summed E-state index contributed by atoms with van der Waals surface area (Å²) >= 11 is 0. The third-order valence-corrected chi connectivity index (χ3v) is 6.01. The van der Waals surface area contributed by atoms with Crippen molar-refractivity contribution in [3.63, 3.8) is 0 Å². The van der Waals surface area contributed by atoms with E-state index in [0.717, 1.165) is 25.3 Å². The van der Waals surface area contributed by atoms with Crippen LogP contribution in [0.4, 0.5) is 14.9 Å². The quantitative estimate of drug-likeness (QED) is 0.489. The third-order valence-electron chi connectivity index (χ3n) is 6.01. The van der Waals surface area contributed by atoms with Gasteiger partial charge in [0.15, 0.2) is 0 Å². The zero-order chi connectivity index (χ0) is 23.4. The van der Waals surface area contributed by atoms with Gasteiger partial charge in [-0.2, -0.15) is 0 Å². The van der Waals surface area contributed by atoms with Gasteiger partial charge in [0, 0.05) is 50.5 Å². The van der Waals surface area contributed by atoms with Crippen LogP contribution in [-0.2, 0) is 6.54 Å². The maximum atomic E-state index is 14.5. The van der Waals surface area contributed by atoms with E-state index in [2.05, 4.69) is 20.5 Å². The van der Waals surface area contributed by atoms with E-state index in [9.17, 15) is 18.8 Å². The number of urea groups is 1. The van der Waals surface area contributed by atoms with Crippen LogP contribution in [0.15, 0.2) is 36.5 Å². The van der Waals surface area contributed by atoms with Crippen LogP contribution < -0.4 is 40.2 Å². The maximum Gasteiger partial charge on any atom is 1.00 e. The molecule has 1 aliphatic carbocycles. The molecule has 3 N–H and O–H groups in total. The minimum atomic E-state index is -0.999. The molecule has 3 amide bonds. The van der Waals surface area contributed by atoms with E-state index in [1.165, 1.54) is 24.4 Å². The number of anilines is 1. The summed E-state index contributed by atoms with van der Waals surface area (Å²) in [6.45, 7) is 2.59. The molecule has 0 unspecified atom stereocenters. The first-order chi connectivity index (χ1) is 15.9. The number of carboxylic acids is 1. The zero-order valence-corrected chi connectivity index (χ0v) is 21.1. The molecule has 1 aliphatic heterocycles. The molecule has 0 bridgehead atoms. The molecule has 4 rings (SSSR count). The predicted molar refractivity (Wildman–Crippen MR) is 120 cm³/mol. The summed E-state index contributed by atoms with van der Waals surface area (Å²) in [6, 6.07) is 6.75. The number of piperazine rings is 1. The second-order valence-electron chi connectivity index (χ2n) is 8.33. The molecule has 176 valence electrons. The van der Waals surface area contributed by atoms with Gasteiger partial charge in [0.1, 0.15) is 5.82 Å². The Bertz CT molecular complexity index is 1060. The van der Waals surface area contributed by atoms with Crippen molar-refractivity contribution in [1.82, 2.24) is 20.1 Å². The van der Waals surface area contributed by atoms with Gasteiger partial charge in [0.05, 0.1) is 16.9 Å². The minimum absolute atomic E-state index is 0. The van der Waals surface area contributed by atoms with E-state index in [0.29, 0.717) is 38.4 Å². The Morgan fingerprint density at radius 1 is 1.09 bits per heavy atom. The molecule has 0 spiro atoms. The molecular weight excluding hydrogens is 452 g/mol. The first kappa shape index (κ1) is 26.1. The van der Waals surface area contributed by atoms with Crippen LogP contribution in [0.1, 0.15) is 47.1 Å². The molecular formula is C23H27FN5NaO4. The number of nitrogens with one attached hydrogen (secondary N) is 2. The summed E-state index contributed by atoms with van der Waals surface area (Å²) in [5.74, 6) is -1.93. The van der Waals surface area contributed by atoms with Crippen LogP contribution in [0.2, 0.25) is 0 Å². The number of amides is 3. The molecule has 34 heavy (non-hydrogen) atoms. The molecule has 2 aliphatic rings. The fourth-order valence-electron chi connectivity index (χ4n) is 3.86. The average Bonchev–Trinajstić information content (AvgIpc) is 2.78.